The minimum absolute atomic E-state index is 0.000756. The van der Waals surface area contributed by atoms with Crippen LogP contribution in [-0.2, 0) is 20.9 Å². The fourth-order valence-electron chi connectivity index (χ4n) is 4.53. The van der Waals surface area contributed by atoms with Crippen molar-refractivity contribution in [3.05, 3.63) is 92.5 Å². The Balaban J connectivity index is 1.88. The summed E-state index contributed by atoms with van der Waals surface area (Å²) < 4.78 is 20.6. The summed E-state index contributed by atoms with van der Waals surface area (Å²) >= 11 is 12.8. The van der Waals surface area contributed by atoms with Gasteiger partial charge < -0.3 is 29.0 Å². The van der Waals surface area contributed by atoms with Gasteiger partial charge in [0.25, 0.3) is 11.7 Å². The van der Waals surface area contributed by atoms with Crippen molar-refractivity contribution in [1.82, 2.24) is 4.90 Å². The number of carbonyl (C=O) groups excluding carboxylic acids is 3. The van der Waals surface area contributed by atoms with Crippen molar-refractivity contribution in [1.29, 1.82) is 0 Å². The van der Waals surface area contributed by atoms with Crippen LogP contribution in [0.4, 0.5) is 0 Å². The number of halogens is 2. The van der Waals surface area contributed by atoms with Gasteiger partial charge in [-0.2, -0.15) is 0 Å². The highest BCUT2D eigenvalue weighted by Gasteiger charge is 2.46. The van der Waals surface area contributed by atoms with E-state index in [0.717, 1.165) is 0 Å². The van der Waals surface area contributed by atoms with E-state index in [2.05, 4.69) is 0 Å². The van der Waals surface area contributed by atoms with Gasteiger partial charge in [0.1, 0.15) is 16.5 Å². The van der Waals surface area contributed by atoms with E-state index < -0.39 is 29.5 Å². The minimum Gasteiger partial charge on any atom is -0.507 e. The van der Waals surface area contributed by atoms with Crippen LogP contribution >= 0.6 is 23.2 Å². The second-order valence-electron chi connectivity index (χ2n) is 8.68. The summed E-state index contributed by atoms with van der Waals surface area (Å²) in [5, 5.41) is 11.6. The third-order valence-electron chi connectivity index (χ3n) is 6.49. The quantitative estimate of drug-likeness (QED) is 0.161. The number of hydrogen-bond acceptors (Lipinski definition) is 8. The van der Waals surface area contributed by atoms with Crippen LogP contribution in [-0.4, -0.2) is 56.1 Å². The molecule has 208 valence electrons. The summed E-state index contributed by atoms with van der Waals surface area (Å²) in [4.78, 5) is 40.0. The maximum absolute atomic E-state index is 13.5. The molecule has 1 saturated heterocycles. The Hall–Kier alpha value is -4.21. The predicted octanol–water partition coefficient (Wildman–Crippen LogP) is 5.43. The first kappa shape index (κ1) is 28.8. The normalized spacial score (nSPS) is 16.1. The summed E-state index contributed by atoms with van der Waals surface area (Å²) in [6.07, 6.45) is 0. The molecule has 1 fully saturated rings. The molecule has 1 heterocycles. The Bertz CT molecular complexity index is 1500. The zero-order valence-electron chi connectivity index (χ0n) is 22.0. The standard InChI is InChI=1S/C29H25Cl2NO8/c1-37-18-11-9-16(10-12-18)23-21(24(33)19-13-20(30)27(39-3)22(31)26(19)38-2)25(34)28(35)32(23)14-15-5-7-17(8-6-15)29(36)40-4/h5-13,23,33H,14H2,1-4H3/b24-21+. The third kappa shape index (κ3) is 5.17. The molecular weight excluding hydrogens is 561 g/mol. The van der Waals surface area contributed by atoms with Crippen LogP contribution in [0.2, 0.25) is 10.0 Å². The topological polar surface area (TPSA) is 112 Å². The zero-order valence-corrected chi connectivity index (χ0v) is 23.5. The van der Waals surface area contributed by atoms with E-state index in [-0.39, 0.29) is 39.2 Å². The molecule has 3 aromatic rings. The Labute approximate surface area is 240 Å². The largest absolute Gasteiger partial charge is 0.507 e. The first-order valence-electron chi connectivity index (χ1n) is 11.9. The number of ketones is 1. The molecule has 1 N–H and O–H groups in total. The lowest BCUT2D eigenvalue weighted by molar-refractivity contribution is -0.140. The number of esters is 1. The number of carbonyl (C=O) groups is 3. The molecule has 9 nitrogen and oxygen atoms in total. The SMILES string of the molecule is COC(=O)c1ccc(CN2C(=O)C(=O)/C(=C(/O)c3cc(Cl)c(OC)c(Cl)c3OC)C2c2ccc(OC)cc2)cc1. The van der Waals surface area contributed by atoms with Gasteiger partial charge in [0.2, 0.25) is 0 Å². The smallest absolute Gasteiger partial charge is 0.337 e. The van der Waals surface area contributed by atoms with Crippen LogP contribution in [0.1, 0.15) is 33.1 Å². The number of benzene rings is 3. The summed E-state index contributed by atoms with van der Waals surface area (Å²) in [6.45, 7) is 0.000756. The van der Waals surface area contributed by atoms with Gasteiger partial charge in [-0.25, -0.2) is 4.79 Å². The molecule has 40 heavy (non-hydrogen) atoms. The monoisotopic (exact) mass is 585 g/mol. The highest BCUT2D eigenvalue weighted by atomic mass is 35.5. The molecule has 11 heteroatoms. The predicted molar refractivity (Wildman–Crippen MR) is 148 cm³/mol. The summed E-state index contributed by atoms with van der Waals surface area (Å²) in [7, 11) is 5.51. The number of rotatable bonds is 8. The highest BCUT2D eigenvalue weighted by Crippen LogP contribution is 2.47. The fourth-order valence-corrected chi connectivity index (χ4v) is 5.22. The van der Waals surface area contributed by atoms with Gasteiger partial charge in [-0.15, -0.1) is 0 Å². The molecule has 1 atom stereocenters. The number of hydrogen-bond donors (Lipinski definition) is 1. The van der Waals surface area contributed by atoms with E-state index >= 15 is 0 Å². The van der Waals surface area contributed by atoms with Gasteiger partial charge in [0, 0.05) is 6.54 Å². The Morgan fingerprint density at radius 3 is 2.08 bits per heavy atom. The van der Waals surface area contributed by atoms with E-state index in [1.165, 1.54) is 39.4 Å². The number of Topliss-reactive ketones (excluding diaryl/α,β-unsaturated/α-hetero) is 1. The van der Waals surface area contributed by atoms with Crippen molar-refractivity contribution in [3.63, 3.8) is 0 Å². The first-order chi connectivity index (χ1) is 19.2. The van der Waals surface area contributed by atoms with Crippen LogP contribution in [0.25, 0.3) is 5.76 Å². The lowest BCUT2D eigenvalue weighted by Crippen LogP contribution is -2.29. The molecule has 1 aliphatic heterocycles. The number of ether oxygens (including phenoxy) is 4. The van der Waals surface area contributed by atoms with Crippen molar-refractivity contribution in [2.45, 2.75) is 12.6 Å². The van der Waals surface area contributed by atoms with E-state index in [1.807, 2.05) is 0 Å². The van der Waals surface area contributed by atoms with Gasteiger partial charge in [-0.1, -0.05) is 47.5 Å². The number of aliphatic hydroxyl groups excluding tert-OH is 1. The van der Waals surface area contributed by atoms with E-state index in [4.69, 9.17) is 42.1 Å². The zero-order chi connectivity index (χ0) is 29.1. The molecule has 1 aliphatic rings. The molecule has 1 amide bonds. The van der Waals surface area contributed by atoms with Gasteiger partial charge >= 0.3 is 5.97 Å². The number of likely N-dealkylation sites (tertiary alicyclic amines) is 1. The van der Waals surface area contributed by atoms with E-state index in [0.29, 0.717) is 22.4 Å². The average molecular weight is 586 g/mol. The van der Waals surface area contributed by atoms with Gasteiger partial charge in [-0.05, 0) is 41.5 Å². The Morgan fingerprint density at radius 1 is 0.900 bits per heavy atom. The third-order valence-corrected chi connectivity index (χ3v) is 7.12. The van der Waals surface area contributed by atoms with Crippen molar-refractivity contribution >= 4 is 46.6 Å². The molecule has 0 saturated carbocycles. The van der Waals surface area contributed by atoms with E-state index in [1.54, 1.807) is 48.5 Å². The maximum atomic E-state index is 13.5. The van der Waals surface area contributed by atoms with Crippen LogP contribution in [0.3, 0.4) is 0 Å². The molecule has 0 radical (unpaired) electrons. The Morgan fingerprint density at radius 2 is 1.52 bits per heavy atom. The second-order valence-corrected chi connectivity index (χ2v) is 9.46. The van der Waals surface area contributed by atoms with Crippen LogP contribution in [0, 0.1) is 0 Å². The fraction of sp³-hybridized carbons (Fsp3) is 0.207. The summed E-state index contributed by atoms with van der Waals surface area (Å²) in [5.41, 5.74) is 1.34. The maximum Gasteiger partial charge on any atom is 0.337 e. The van der Waals surface area contributed by atoms with E-state index in [9.17, 15) is 19.5 Å². The van der Waals surface area contributed by atoms with Gasteiger partial charge in [0.15, 0.2) is 11.5 Å². The Kier molecular flexibility index (Phi) is 8.56. The molecular formula is C29H25Cl2NO8. The van der Waals surface area contributed by atoms with Crippen molar-refractivity contribution < 1.29 is 38.4 Å². The number of aliphatic hydroxyl groups is 1. The van der Waals surface area contributed by atoms with Crippen LogP contribution in [0.15, 0.2) is 60.2 Å². The van der Waals surface area contributed by atoms with Crippen LogP contribution in [0.5, 0.6) is 17.2 Å². The molecule has 0 spiro atoms. The highest BCUT2D eigenvalue weighted by molar-refractivity contribution is 6.47. The molecule has 0 aliphatic carbocycles. The molecule has 0 aromatic heterocycles. The van der Waals surface area contributed by atoms with Crippen molar-refractivity contribution in [2.24, 2.45) is 0 Å². The number of nitrogens with zero attached hydrogens (tertiary/aromatic N) is 1. The first-order valence-corrected chi connectivity index (χ1v) is 12.6. The summed E-state index contributed by atoms with van der Waals surface area (Å²) in [5.74, 6) is -2.06. The van der Waals surface area contributed by atoms with Gasteiger partial charge in [-0.3, -0.25) is 9.59 Å². The minimum atomic E-state index is -0.990. The lowest BCUT2D eigenvalue weighted by atomic mass is 9.94. The number of amides is 1. The number of methoxy groups -OCH3 is 4. The molecule has 4 rings (SSSR count). The van der Waals surface area contributed by atoms with Crippen molar-refractivity contribution in [2.75, 3.05) is 28.4 Å². The average Bonchev–Trinajstić information content (AvgIpc) is 3.21. The molecule has 3 aromatic carbocycles. The lowest BCUT2D eigenvalue weighted by Gasteiger charge is -2.26. The molecule has 1 unspecified atom stereocenters. The second kappa shape index (κ2) is 11.9. The van der Waals surface area contributed by atoms with Gasteiger partial charge in [0.05, 0.1) is 56.2 Å². The molecule has 0 bridgehead atoms. The van der Waals surface area contributed by atoms with Crippen LogP contribution < -0.4 is 14.2 Å². The van der Waals surface area contributed by atoms with Crippen molar-refractivity contribution in [3.8, 4) is 17.2 Å². The summed E-state index contributed by atoms with van der Waals surface area (Å²) in [6, 6.07) is 13.6.